The average molecular weight is 294 g/mol. The van der Waals surface area contributed by atoms with Gasteiger partial charge in [-0.25, -0.2) is 4.98 Å². The van der Waals surface area contributed by atoms with E-state index < -0.39 is 0 Å². The Morgan fingerprint density at radius 3 is 3.00 bits per heavy atom. The molecule has 1 aromatic carbocycles. The molecule has 0 amide bonds. The number of nitrogens with zero attached hydrogens (tertiary/aromatic N) is 2. The van der Waals surface area contributed by atoms with Crippen LogP contribution >= 0.6 is 15.9 Å². The first-order chi connectivity index (χ1) is 8.16. The maximum atomic E-state index is 4.78. The number of halogens is 1. The second-order valence-corrected chi connectivity index (χ2v) is 5.78. The van der Waals surface area contributed by atoms with E-state index in [4.69, 9.17) is 4.98 Å². The van der Waals surface area contributed by atoms with Crippen molar-refractivity contribution in [1.82, 2.24) is 14.9 Å². The maximum absolute atomic E-state index is 4.78. The Kier molecular flexibility index (Phi) is 2.71. The molecule has 0 spiro atoms. The highest BCUT2D eigenvalue weighted by atomic mass is 79.9. The maximum Gasteiger partial charge on any atom is 0.127 e. The standard InChI is InChI=1S/C13H16BrN3/c1-8-5-6-15-12(8)13-16-10-7-9(14)3-4-11(10)17(13)2/h3-4,7-8,12,15H,5-6H2,1-2H3. The Hall–Kier alpha value is -0.870. The SMILES string of the molecule is CC1CCNC1c1nc2cc(Br)ccc2n1C. The molecule has 1 fully saturated rings. The highest BCUT2D eigenvalue weighted by molar-refractivity contribution is 9.10. The number of hydrogen-bond donors (Lipinski definition) is 1. The number of aryl methyl sites for hydroxylation is 1. The molecule has 0 bridgehead atoms. The fourth-order valence-corrected chi connectivity index (χ4v) is 3.00. The van der Waals surface area contributed by atoms with Gasteiger partial charge in [0, 0.05) is 11.5 Å². The number of nitrogens with one attached hydrogen (secondary N) is 1. The van der Waals surface area contributed by atoms with Gasteiger partial charge in [0.15, 0.2) is 0 Å². The van der Waals surface area contributed by atoms with Gasteiger partial charge in [-0.2, -0.15) is 0 Å². The summed E-state index contributed by atoms with van der Waals surface area (Å²) in [6, 6.07) is 6.67. The van der Waals surface area contributed by atoms with Crippen molar-refractivity contribution >= 4 is 27.0 Å². The van der Waals surface area contributed by atoms with Gasteiger partial charge in [-0.15, -0.1) is 0 Å². The van der Waals surface area contributed by atoms with Crippen LogP contribution in [0.4, 0.5) is 0 Å². The van der Waals surface area contributed by atoms with Gasteiger partial charge in [0.2, 0.25) is 0 Å². The van der Waals surface area contributed by atoms with Gasteiger partial charge in [-0.05, 0) is 37.1 Å². The molecule has 2 unspecified atom stereocenters. The van der Waals surface area contributed by atoms with Gasteiger partial charge in [0.05, 0.1) is 17.1 Å². The van der Waals surface area contributed by atoms with E-state index in [-0.39, 0.29) is 0 Å². The zero-order valence-electron chi connectivity index (χ0n) is 10.1. The van der Waals surface area contributed by atoms with Crippen molar-refractivity contribution in [3.05, 3.63) is 28.5 Å². The zero-order valence-corrected chi connectivity index (χ0v) is 11.7. The van der Waals surface area contributed by atoms with Crippen molar-refractivity contribution in [2.75, 3.05) is 6.54 Å². The second kappa shape index (κ2) is 4.10. The topological polar surface area (TPSA) is 29.9 Å². The van der Waals surface area contributed by atoms with Crippen LogP contribution in [0.5, 0.6) is 0 Å². The van der Waals surface area contributed by atoms with Gasteiger partial charge in [-0.1, -0.05) is 22.9 Å². The molecule has 90 valence electrons. The summed E-state index contributed by atoms with van der Waals surface area (Å²) < 4.78 is 3.29. The van der Waals surface area contributed by atoms with Gasteiger partial charge in [0.1, 0.15) is 5.82 Å². The summed E-state index contributed by atoms with van der Waals surface area (Å²) in [6.07, 6.45) is 1.23. The third-order valence-electron chi connectivity index (χ3n) is 3.69. The summed E-state index contributed by atoms with van der Waals surface area (Å²) in [5, 5.41) is 3.54. The molecule has 17 heavy (non-hydrogen) atoms. The Morgan fingerprint density at radius 1 is 1.47 bits per heavy atom. The van der Waals surface area contributed by atoms with Crippen molar-refractivity contribution in [1.29, 1.82) is 0 Å². The predicted octanol–water partition coefficient (Wildman–Crippen LogP) is 3.01. The van der Waals surface area contributed by atoms with E-state index in [1.165, 1.54) is 11.9 Å². The third-order valence-corrected chi connectivity index (χ3v) is 4.18. The van der Waals surface area contributed by atoms with Crippen molar-refractivity contribution in [2.24, 2.45) is 13.0 Å². The van der Waals surface area contributed by atoms with Gasteiger partial charge in [0.25, 0.3) is 0 Å². The molecule has 4 heteroatoms. The molecule has 2 atom stereocenters. The van der Waals surface area contributed by atoms with Crippen molar-refractivity contribution in [3.8, 4) is 0 Å². The lowest BCUT2D eigenvalue weighted by Gasteiger charge is -2.15. The molecular weight excluding hydrogens is 278 g/mol. The van der Waals surface area contributed by atoms with Crippen LogP contribution in [0, 0.1) is 5.92 Å². The number of hydrogen-bond acceptors (Lipinski definition) is 2. The van der Waals surface area contributed by atoms with E-state index in [1.54, 1.807) is 0 Å². The first-order valence-corrected chi connectivity index (χ1v) is 6.81. The minimum atomic E-state index is 0.395. The molecule has 1 aliphatic heterocycles. The summed E-state index contributed by atoms with van der Waals surface area (Å²) in [5.41, 5.74) is 2.27. The Bertz CT molecular complexity index is 561. The van der Waals surface area contributed by atoms with Gasteiger partial charge in [-0.3, -0.25) is 0 Å². The van der Waals surface area contributed by atoms with Crippen molar-refractivity contribution < 1.29 is 0 Å². The smallest absolute Gasteiger partial charge is 0.127 e. The fraction of sp³-hybridized carbons (Fsp3) is 0.462. The highest BCUT2D eigenvalue weighted by Gasteiger charge is 2.28. The number of benzene rings is 1. The summed E-state index contributed by atoms with van der Waals surface area (Å²) in [6.45, 7) is 3.39. The van der Waals surface area contributed by atoms with Crippen LogP contribution in [0.3, 0.4) is 0 Å². The van der Waals surface area contributed by atoms with E-state index in [2.05, 4.69) is 58.0 Å². The molecule has 1 aromatic heterocycles. The van der Waals surface area contributed by atoms with E-state index >= 15 is 0 Å². The molecular formula is C13H16BrN3. The van der Waals surface area contributed by atoms with Crippen LogP contribution in [0.15, 0.2) is 22.7 Å². The normalized spacial score (nSPS) is 24.6. The number of aromatic nitrogens is 2. The predicted molar refractivity (Wildman–Crippen MR) is 72.9 cm³/mol. The van der Waals surface area contributed by atoms with Crippen LogP contribution in [-0.2, 0) is 7.05 Å². The van der Waals surface area contributed by atoms with Gasteiger partial charge < -0.3 is 9.88 Å². The van der Waals surface area contributed by atoms with Crippen LogP contribution in [0.2, 0.25) is 0 Å². The first kappa shape index (κ1) is 11.2. The minimum absolute atomic E-state index is 0.395. The Balaban J connectivity index is 2.14. The number of rotatable bonds is 1. The van der Waals surface area contributed by atoms with Crippen LogP contribution in [-0.4, -0.2) is 16.1 Å². The zero-order chi connectivity index (χ0) is 12.0. The molecule has 1 saturated heterocycles. The molecule has 0 radical (unpaired) electrons. The molecule has 0 saturated carbocycles. The van der Waals surface area contributed by atoms with Crippen molar-refractivity contribution in [3.63, 3.8) is 0 Å². The summed E-state index contributed by atoms with van der Waals surface area (Å²) >= 11 is 3.50. The van der Waals surface area contributed by atoms with Crippen LogP contribution < -0.4 is 5.32 Å². The lowest BCUT2D eigenvalue weighted by atomic mass is 10.0. The number of fused-ring (bicyclic) bond motifs is 1. The monoisotopic (exact) mass is 293 g/mol. The van der Waals surface area contributed by atoms with E-state index in [1.807, 2.05) is 0 Å². The van der Waals surface area contributed by atoms with Gasteiger partial charge >= 0.3 is 0 Å². The fourth-order valence-electron chi connectivity index (χ4n) is 2.65. The van der Waals surface area contributed by atoms with Crippen LogP contribution in [0.25, 0.3) is 11.0 Å². The average Bonchev–Trinajstić information content (AvgIpc) is 2.83. The Labute approximate surface area is 109 Å². The second-order valence-electron chi connectivity index (χ2n) is 4.86. The van der Waals surface area contributed by atoms with E-state index in [0.29, 0.717) is 12.0 Å². The highest BCUT2D eigenvalue weighted by Crippen LogP contribution is 2.30. The van der Waals surface area contributed by atoms with Crippen LogP contribution in [0.1, 0.15) is 25.2 Å². The third kappa shape index (κ3) is 1.79. The number of imidazole rings is 1. The molecule has 3 nitrogen and oxygen atoms in total. The molecule has 2 heterocycles. The quantitative estimate of drug-likeness (QED) is 0.876. The lowest BCUT2D eigenvalue weighted by Crippen LogP contribution is -2.20. The molecule has 3 rings (SSSR count). The van der Waals surface area contributed by atoms with E-state index in [9.17, 15) is 0 Å². The van der Waals surface area contributed by atoms with Crippen molar-refractivity contribution in [2.45, 2.75) is 19.4 Å². The molecule has 1 N–H and O–H groups in total. The minimum Gasteiger partial charge on any atom is -0.330 e. The lowest BCUT2D eigenvalue weighted by molar-refractivity contribution is 0.469. The molecule has 2 aromatic rings. The summed E-state index contributed by atoms with van der Waals surface area (Å²) in [7, 11) is 2.10. The Morgan fingerprint density at radius 2 is 2.29 bits per heavy atom. The largest absolute Gasteiger partial charge is 0.330 e. The van der Waals surface area contributed by atoms with E-state index in [0.717, 1.165) is 22.4 Å². The first-order valence-electron chi connectivity index (χ1n) is 6.02. The summed E-state index contributed by atoms with van der Waals surface area (Å²) in [5.74, 6) is 1.82. The molecule has 1 aliphatic rings. The summed E-state index contributed by atoms with van der Waals surface area (Å²) in [4.78, 5) is 4.78. The molecule has 0 aliphatic carbocycles.